The monoisotopic (exact) mass is 293 g/mol. The smallest absolute Gasteiger partial charge is 0.318 e. The number of benzene rings is 1. The van der Waals surface area contributed by atoms with Gasteiger partial charge in [0, 0.05) is 12.6 Å². The molecule has 1 heterocycles. The highest BCUT2D eigenvalue weighted by atomic mass is 19.1. The molecule has 0 spiro atoms. The number of rotatable bonds is 5. The van der Waals surface area contributed by atoms with Crippen molar-refractivity contribution in [3.63, 3.8) is 0 Å². The Morgan fingerprint density at radius 1 is 1.52 bits per heavy atom. The molecule has 1 saturated heterocycles. The van der Waals surface area contributed by atoms with Gasteiger partial charge in [-0.05, 0) is 38.0 Å². The predicted octanol–water partition coefficient (Wildman–Crippen LogP) is 1.29. The third kappa shape index (κ3) is 3.93. The van der Waals surface area contributed by atoms with Crippen molar-refractivity contribution in [2.75, 3.05) is 13.1 Å². The van der Waals surface area contributed by atoms with Crippen LogP contribution in [0.4, 0.5) is 9.18 Å². The Labute approximate surface area is 123 Å². The zero-order chi connectivity index (χ0) is 15.4. The van der Waals surface area contributed by atoms with Crippen molar-refractivity contribution in [3.05, 3.63) is 35.6 Å². The molecule has 1 aliphatic rings. The van der Waals surface area contributed by atoms with E-state index in [9.17, 15) is 14.0 Å². The molecule has 0 saturated carbocycles. The molecule has 0 aromatic heterocycles. The molecule has 1 aliphatic heterocycles. The van der Waals surface area contributed by atoms with Crippen LogP contribution in [0, 0.1) is 5.82 Å². The Morgan fingerprint density at radius 3 is 2.90 bits per heavy atom. The zero-order valence-electron chi connectivity index (χ0n) is 12.2. The van der Waals surface area contributed by atoms with Crippen LogP contribution in [0.1, 0.15) is 19.4 Å². The standard InChI is InChI=1S/C15H20FN3O2/c1-10(2)19-9-13(18-15(19)21)14(20)17-7-6-11-4-3-5-12(16)8-11/h3-5,8,10,13H,6-7,9H2,1-2H3,(H,17,20)(H,18,21). The average Bonchev–Trinajstić information content (AvgIpc) is 2.81. The van der Waals surface area contributed by atoms with Crippen LogP contribution in [0.3, 0.4) is 0 Å². The summed E-state index contributed by atoms with van der Waals surface area (Å²) in [5, 5.41) is 5.43. The van der Waals surface area contributed by atoms with Gasteiger partial charge in [-0.2, -0.15) is 0 Å². The molecule has 0 radical (unpaired) electrons. The summed E-state index contributed by atoms with van der Waals surface area (Å²) in [4.78, 5) is 25.3. The minimum absolute atomic E-state index is 0.0649. The van der Waals surface area contributed by atoms with E-state index in [1.165, 1.54) is 12.1 Å². The zero-order valence-corrected chi connectivity index (χ0v) is 12.2. The van der Waals surface area contributed by atoms with E-state index < -0.39 is 6.04 Å². The lowest BCUT2D eigenvalue weighted by Crippen LogP contribution is -2.43. The number of urea groups is 1. The van der Waals surface area contributed by atoms with Crippen LogP contribution >= 0.6 is 0 Å². The van der Waals surface area contributed by atoms with Gasteiger partial charge in [0.1, 0.15) is 11.9 Å². The van der Waals surface area contributed by atoms with Crippen LogP contribution in [-0.4, -0.2) is 42.0 Å². The normalized spacial score (nSPS) is 18.0. The van der Waals surface area contributed by atoms with Crippen molar-refractivity contribution in [1.82, 2.24) is 15.5 Å². The highest BCUT2D eigenvalue weighted by Crippen LogP contribution is 2.08. The number of carbonyl (C=O) groups excluding carboxylic acids is 2. The highest BCUT2D eigenvalue weighted by molar-refractivity contribution is 5.90. The minimum atomic E-state index is -0.521. The van der Waals surface area contributed by atoms with E-state index in [-0.39, 0.29) is 23.8 Å². The molecule has 6 heteroatoms. The number of carbonyl (C=O) groups is 2. The maximum Gasteiger partial charge on any atom is 0.318 e. The van der Waals surface area contributed by atoms with Gasteiger partial charge in [0.15, 0.2) is 0 Å². The first kappa shape index (κ1) is 15.3. The molecular weight excluding hydrogens is 273 g/mol. The summed E-state index contributed by atoms with van der Waals surface area (Å²) in [6.45, 7) is 4.60. The van der Waals surface area contributed by atoms with Gasteiger partial charge in [-0.15, -0.1) is 0 Å². The molecule has 1 fully saturated rings. The van der Waals surface area contributed by atoms with E-state index in [2.05, 4.69) is 10.6 Å². The number of nitrogens with one attached hydrogen (secondary N) is 2. The van der Waals surface area contributed by atoms with Gasteiger partial charge >= 0.3 is 6.03 Å². The van der Waals surface area contributed by atoms with Gasteiger partial charge in [-0.3, -0.25) is 4.79 Å². The topological polar surface area (TPSA) is 61.4 Å². The lowest BCUT2D eigenvalue weighted by molar-refractivity contribution is -0.122. The number of halogens is 1. The van der Waals surface area contributed by atoms with Crippen molar-refractivity contribution < 1.29 is 14.0 Å². The fourth-order valence-electron chi connectivity index (χ4n) is 2.30. The molecule has 1 atom stereocenters. The summed E-state index contributed by atoms with van der Waals surface area (Å²) in [6, 6.07) is 5.62. The average molecular weight is 293 g/mol. The molecule has 1 aromatic carbocycles. The first-order valence-electron chi connectivity index (χ1n) is 7.06. The predicted molar refractivity (Wildman–Crippen MR) is 77.3 cm³/mol. The molecule has 1 aromatic rings. The Morgan fingerprint density at radius 2 is 2.29 bits per heavy atom. The fourth-order valence-corrected chi connectivity index (χ4v) is 2.30. The third-order valence-corrected chi connectivity index (χ3v) is 3.48. The Bertz CT molecular complexity index is 533. The number of amides is 3. The molecule has 21 heavy (non-hydrogen) atoms. The minimum Gasteiger partial charge on any atom is -0.354 e. The fraction of sp³-hybridized carbons (Fsp3) is 0.467. The summed E-state index contributed by atoms with van der Waals surface area (Å²) in [7, 11) is 0. The van der Waals surface area contributed by atoms with Crippen LogP contribution in [0.25, 0.3) is 0 Å². The van der Waals surface area contributed by atoms with Crippen molar-refractivity contribution in [2.24, 2.45) is 0 Å². The van der Waals surface area contributed by atoms with Crippen LogP contribution in [0.5, 0.6) is 0 Å². The highest BCUT2D eigenvalue weighted by Gasteiger charge is 2.34. The number of nitrogens with zero attached hydrogens (tertiary/aromatic N) is 1. The molecule has 2 rings (SSSR count). The first-order valence-corrected chi connectivity index (χ1v) is 7.06. The van der Waals surface area contributed by atoms with Crippen LogP contribution in [0.2, 0.25) is 0 Å². The molecule has 1 unspecified atom stereocenters. The van der Waals surface area contributed by atoms with Crippen molar-refractivity contribution in [1.29, 1.82) is 0 Å². The van der Waals surface area contributed by atoms with Crippen LogP contribution in [0.15, 0.2) is 24.3 Å². The van der Waals surface area contributed by atoms with E-state index in [1.807, 2.05) is 19.9 Å². The number of hydrogen-bond acceptors (Lipinski definition) is 2. The Hall–Kier alpha value is -2.11. The SMILES string of the molecule is CC(C)N1CC(C(=O)NCCc2cccc(F)c2)NC1=O. The Balaban J connectivity index is 1.79. The van der Waals surface area contributed by atoms with E-state index in [0.717, 1.165) is 5.56 Å². The van der Waals surface area contributed by atoms with Crippen molar-refractivity contribution >= 4 is 11.9 Å². The van der Waals surface area contributed by atoms with E-state index in [1.54, 1.807) is 11.0 Å². The van der Waals surface area contributed by atoms with Gasteiger partial charge in [0.2, 0.25) is 5.91 Å². The quantitative estimate of drug-likeness (QED) is 0.859. The summed E-state index contributed by atoms with van der Waals surface area (Å²) >= 11 is 0. The summed E-state index contributed by atoms with van der Waals surface area (Å²) < 4.78 is 13.0. The molecule has 0 aliphatic carbocycles. The Kier molecular flexibility index (Phi) is 4.77. The first-order chi connectivity index (χ1) is 9.97. The lowest BCUT2D eigenvalue weighted by atomic mass is 10.1. The van der Waals surface area contributed by atoms with E-state index in [4.69, 9.17) is 0 Å². The molecule has 0 bridgehead atoms. The van der Waals surface area contributed by atoms with Crippen LogP contribution < -0.4 is 10.6 Å². The van der Waals surface area contributed by atoms with Gasteiger partial charge in [0.05, 0.1) is 6.54 Å². The molecular formula is C15H20FN3O2. The van der Waals surface area contributed by atoms with Gasteiger partial charge in [0.25, 0.3) is 0 Å². The lowest BCUT2D eigenvalue weighted by Gasteiger charge is -2.18. The second kappa shape index (κ2) is 6.56. The largest absolute Gasteiger partial charge is 0.354 e. The third-order valence-electron chi connectivity index (χ3n) is 3.48. The summed E-state index contributed by atoms with van der Waals surface area (Å²) in [5.41, 5.74) is 0.828. The van der Waals surface area contributed by atoms with Crippen molar-refractivity contribution in [2.45, 2.75) is 32.4 Å². The molecule has 3 amide bonds. The maximum absolute atomic E-state index is 13.0. The van der Waals surface area contributed by atoms with Gasteiger partial charge in [-0.25, -0.2) is 9.18 Å². The van der Waals surface area contributed by atoms with E-state index in [0.29, 0.717) is 19.5 Å². The van der Waals surface area contributed by atoms with Gasteiger partial charge in [-0.1, -0.05) is 12.1 Å². The molecule has 5 nitrogen and oxygen atoms in total. The van der Waals surface area contributed by atoms with Crippen molar-refractivity contribution in [3.8, 4) is 0 Å². The maximum atomic E-state index is 13.0. The second-order valence-electron chi connectivity index (χ2n) is 5.42. The second-order valence-corrected chi connectivity index (χ2v) is 5.42. The molecule has 114 valence electrons. The van der Waals surface area contributed by atoms with E-state index >= 15 is 0 Å². The van der Waals surface area contributed by atoms with Gasteiger partial charge < -0.3 is 15.5 Å². The summed E-state index contributed by atoms with van der Waals surface area (Å²) in [6.07, 6.45) is 0.554. The molecule has 2 N–H and O–H groups in total. The summed E-state index contributed by atoms with van der Waals surface area (Å²) in [5.74, 6) is -0.489. The number of hydrogen-bond donors (Lipinski definition) is 2. The van der Waals surface area contributed by atoms with Crippen LogP contribution in [-0.2, 0) is 11.2 Å².